The predicted octanol–water partition coefficient (Wildman–Crippen LogP) is 2.07. The largest absolute Gasteiger partial charge is 0.383 e. The van der Waals surface area contributed by atoms with Gasteiger partial charge in [0.2, 0.25) is 0 Å². The lowest BCUT2D eigenvalue weighted by atomic mass is 10.0. The van der Waals surface area contributed by atoms with Crippen molar-refractivity contribution in [2.45, 2.75) is 46.1 Å². The molecule has 0 aliphatic heterocycles. The number of hydrogen-bond acceptors (Lipinski definition) is 5. The monoisotopic (exact) mass is 265 g/mol. The van der Waals surface area contributed by atoms with Crippen molar-refractivity contribution in [3.63, 3.8) is 0 Å². The van der Waals surface area contributed by atoms with Gasteiger partial charge in [0.05, 0.1) is 0 Å². The maximum Gasteiger partial charge on any atom is 0.134 e. The molecular formula is C14H27N5. The molecule has 5 heteroatoms. The van der Waals surface area contributed by atoms with E-state index in [1.165, 1.54) is 0 Å². The Hall–Kier alpha value is -1.36. The number of hydrogen-bond donors (Lipinski definition) is 2. The highest BCUT2D eigenvalue weighted by atomic mass is 15.2. The van der Waals surface area contributed by atoms with Gasteiger partial charge in [-0.3, -0.25) is 0 Å². The number of likely N-dealkylation sites (N-methyl/N-ethyl adjacent to an activating group) is 1. The van der Waals surface area contributed by atoms with Crippen molar-refractivity contribution in [2.75, 3.05) is 31.7 Å². The third-order valence-electron chi connectivity index (χ3n) is 3.60. The molecule has 0 aliphatic rings. The highest BCUT2D eigenvalue weighted by Gasteiger charge is 2.21. The Balaban J connectivity index is 2.88. The first-order valence-corrected chi connectivity index (χ1v) is 6.82. The van der Waals surface area contributed by atoms with Gasteiger partial charge in [-0.2, -0.15) is 0 Å². The summed E-state index contributed by atoms with van der Waals surface area (Å²) in [5, 5.41) is 3.40. The second-order valence-corrected chi connectivity index (χ2v) is 5.81. The molecule has 1 aromatic rings. The zero-order chi connectivity index (χ0) is 14.6. The standard InChI is InChI=1S/C14H27N5/c1-7-8-11-17-12(15)10(2)13(18-11)16-9-14(3,4)19(5)6/h7-9H2,1-6H3,(H3,15,16,17,18). The molecule has 108 valence electrons. The quantitative estimate of drug-likeness (QED) is 0.824. The Morgan fingerprint density at radius 3 is 2.42 bits per heavy atom. The van der Waals surface area contributed by atoms with E-state index in [9.17, 15) is 0 Å². The van der Waals surface area contributed by atoms with Crippen LogP contribution in [0, 0.1) is 6.92 Å². The zero-order valence-electron chi connectivity index (χ0n) is 13.0. The van der Waals surface area contributed by atoms with Crippen LogP contribution in [-0.4, -0.2) is 41.0 Å². The topological polar surface area (TPSA) is 67.1 Å². The van der Waals surface area contributed by atoms with Crippen LogP contribution in [0.2, 0.25) is 0 Å². The van der Waals surface area contributed by atoms with Crippen molar-refractivity contribution in [3.05, 3.63) is 11.4 Å². The van der Waals surface area contributed by atoms with Gasteiger partial charge in [0.25, 0.3) is 0 Å². The van der Waals surface area contributed by atoms with Crippen LogP contribution in [0.5, 0.6) is 0 Å². The van der Waals surface area contributed by atoms with Crippen LogP contribution in [0.1, 0.15) is 38.6 Å². The van der Waals surface area contributed by atoms with Crippen molar-refractivity contribution in [1.82, 2.24) is 14.9 Å². The van der Waals surface area contributed by atoms with E-state index >= 15 is 0 Å². The predicted molar refractivity (Wildman–Crippen MR) is 81.4 cm³/mol. The minimum absolute atomic E-state index is 0.0527. The van der Waals surface area contributed by atoms with Gasteiger partial charge in [-0.25, -0.2) is 9.97 Å². The zero-order valence-corrected chi connectivity index (χ0v) is 13.0. The number of aromatic nitrogens is 2. The maximum atomic E-state index is 5.95. The van der Waals surface area contributed by atoms with Crippen molar-refractivity contribution in [3.8, 4) is 0 Å². The summed E-state index contributed by atoms with van der Waals surface area (Å²) in [6, 6.07) is 0. The molecule has 0 aromatic carbocycles. The van der Waals surface area contributed by atoms with E-state index in [-0.39, 0.29) is 5.54 Å². The number of nitrogens with zero attached hydrogens (tertiary/aromatic N) is 3. The highest BCUT2D eigenvalue weighted by molar-refractivity contribution is 5.54. The fourth-order valence-electron chi connectivity index (χ4n) is 1.55. The number of aryl methyl sites for hydroxylation is 1. The van der Waals surface area contributed by atoms with Crippen LogP contribution in [0.4, 0.5) is 11.6 Å². The fraction of sp³-hybridized carbons (Fsp3) is 0.714. The van der Waals surface area contributed by atoms with Gasteiger partial charge in [-0.1, -0.05) is 6.92 Å². The summed E-state index contributed by atoms with van der Waals surface area (Å²) in [6.07, 6.45) is 1.88. The van der Waals surface area contributed by atoms with Gasteiger partial charge in [-0.05, 0) is 41.3 Å². The lowest BCUT2D eigenvalue weighted by molar-refractivity contribution is 0.210. The minimum atomic E-state index is 0.0527. The van der Waals surface area contributed by atoms with Gasteiger partial charge in [-0.15, -0.1) is 0 Å². The van der Waals surface area contributed by atoms with E-state index in [4.69, 9.17) is 5.73 Å². The summed E-state index contributed by atoms with van der Waals surface area (Å²) in [7, 11) is 4.15. The molecular weight excluding hydrogens is 238 g/mol. The Morgan fingerprint density at radius 2 is 1.89 bits per heavy atom. The second-order valence-electron chi connectivity index (χ2n) is 5.81. The number of nitrogens with one attached hydrogen (secondary N) is 1. The van der Waals surface area contributed by atoms with Crippen LogP contribution in [-0.2, 0) is 6.42 Å². The van der Waals surface area contributed by atoms with E-state index in [2.05, 4.69) is 55.1 Å². The summed E-state index contributed by atoms with van der Waals surface area (Å²) in [4.78, 5) is 11.1. The molecule has 3 N–H and O–H groups in total. The molecule has 0 unspecified atom stereocenters. The molecule has 0 bridgehead atoms. The van der Waals surface area contributed by atoms with Crippen molar-refractivity contribution in [2.24, 2.45) is 0 Å². The summed E-state index contributed by atoms with van der Waals surface area (Å²) < 4.78 is 0. The van der Waals surface area contributed by atoms with Crippen LogP contribution in [0.15, 0.2) is 0 Å². The molecule has 0 saturated carbocycles. The SMILES string of the molecule is CCCc1nc(N)c(C)c(NCC(C)(C)N(C)C)n1. The lowest BCUT2D eigenvalue weighted by Crippen LogP contribution is -2.44. The molecule has 1 heterocycles. The third kappa shape index (κ3) is 4.06. The summed E-state index contributed by atoms with van der Waals surface area (Å²) in [5.41, 5.74) is 6.93. The molecule has 0 amide bonds. The normalized spacial score (nSPS) is 11.9. The Morgan fingerprint density at radius 1 is 1.26 bits per heavy atom. The Kier molecular flexibility index (Phi) is 5.11. The average molecular weight is 265 g/mol. The summed E-state index contributed by atoms with van der Waals surface area (Å²) in [5.74, 6) is 2.24. The highest BCUT2D eigenvalue weighted by Crippen LogP contribution is 2.19. The van der Waals surface area contributed by atoms with Gasteiger partial charge in [0.15, 0.2) is 0 Å². The number of nitrogen functional groups attached to an aromatic ring is 1. The fourth-order valence-corrected chi connectivity index (χ4v) is 1.55. The molecule has 1 aromatic heterocycles. The van der Waals surface area contributed by atoms with Gasteiger partial charge in [0, 0.05) is 24.1 Å². The maximum absolute atomic E-state index is 5.95. The van der Waals surface area contributed by atoms with Crippen LogP contribution in [0.3, 0.4) is 0 Å². The van der Waals surface area contributed by atoms with E-state index in [0.717, 1.165) is 36.6 Å². The number of nitrogens with two attached hydrogens (primary N) is 1. The molecule has 0 fully saturated rings. The first-order valence-electron chi connectivity index (χ1n) is 6.82. The van der Waals surface area contributed by atoms with Crippen molar-refractivity contribution < 1.29 is 0 Å². The summed E-state index contributed by atoms with van der Waals surface area (Å²) in [6.45, 7) is 9.25. The molecule has 0 saturated heterocycles. The van der Waals surface area contributed by atoms with Crippen molar-refractivity contribution >= 4 is 11.6 Å². The van der Waals surface area contributed by atoms with Crippen LogP contribution < -0.4 is 11.1 Å². The molecule has 19 heavy (non-hydrogen) atoms. The van der Waals surface area contributed by atoms with Crippen LogP contribution in [0.25, 0.3) is 0 Å². The smallest absolute Gasteiger partial charge is 0.134 e. The number of anilines is 2. The van der Waals surface area contributed by atoms with E-state index in [0.29, 0.717) is 5.82 Å². The summed E-state index contributed by atoms with van der Waals surface area (Å²) >= 11 is 0. The van der Waals surface area contributed by atoms with E-state index < -0.39 is 0 Å². The molecule has 1 rings (SSSR count). The second kappa shape index (κ2) is 6.19. The molecule has 0 spiro atoms. The first-order chi connectivity index (χ1) is 8.77. The van der Waals surface area contributed by atoms with Gasteiger partial charge in [0.1, 0.15) is 17.5 Å². The first kappa shape index (κ1) is 15.7. The molecule has 0 atom stereocenters. The van der Waals surface area contributed by atoms with E-state index in [1.54, 1.807) is 0 Å². The Bertz CT molecular complexity index is 426. The van der Waals surface area contributed by atoms with E-state index in [1.807, 2.05) is 6.92 Å². The van der Waals surface area contributed by atoms with Gasteiger partial charge < -0.3 is 16.0 Å². The minimum Gasteiger partial charge on any atom is -0.383 e. The molecule has 5 nitrogen and oxygen atoms in total. The van der Waals surface area contributed by atoms with Gasteiger partial charge >= 0.3 is 0 Å². The molecule has 0 radical (unpaired) electrons. The third-order valence-corrected chi connectivity index (χ3v) is 3.60. The Labute approximate surface area is 116 Å². The van der Waals surface area contributed by atoms with Crippen LogP contribution >= 0.6 is 0 Å². The van der Waals surface area contributed by atoms with Crippen molar-refractivity contribution in [1.29, 1.82) is 0 Å². The lowest BCUT2D eigenvalue weighted by Gasteiger charge is -2.33. The molecule has 0 aliphatic carbocycles. The number of rotatable bonds is 6. The average Bonchev–Trinajstić information content (AvgIpc) is 2.32.